The van der Waals surface area contributed by atoms with Gasteiger partial charge < -0.3 is 25.6 Å². The van der Waals surface area contributed by atoms with Gasteiger partial charge in [-0.25, -0.2) is 0 Å². The standard InChI is InChI=1S/C28H43N3O3/c1-34-23-7-8-25-24(17-23)27(22(18-29)19-30-25)26(33)9-11-28(20-32)12-15-31(16-13-28)14-10-21-5-3-2-4-6-21/h7-8,17,19,21,26,32-33H,2-6,9-16,18,20,29H2,1H3/t26-/m1/s1. The molecular weight excluding hydrogens is 426 g/mol. The Morgan fingerprint density at radius 1 is 1.21 bits per heavy atom. The predicted molar refractivity (Wildman–Crippen MR) is 137 cm³/mol. The van der Waals surface area contributed by atoms with E-state index in [2.05, 4.69) is 9.88 Å². The third-order valence-corrected chi connectivity index (χ3v) is 8.53. The lowest BCUT2D eigenvalue weighted by atomic mass is 9.74. The summed E-state index contributed by atoms with van der Waals surface area (Å²) >= 11 is 0. The van der Waals surface area contributed by atoms with Crippen molar-refractivity contribution < 1.29 is 14.9 Å². The largest absolute Gasteiger partial charge is 0.497 e. The second kappa shape index (κ2) is 11.8. The lowest BCUT2D eigenvalue weighted by molar-refractivity contribution is 0.0217. The fraction of sp³-hybridized carbons (Fsp3) is 0.679. The van der Waals surface area contributed by atoms with Gasteiger partial charge in [0.15, 0.2) is 0 Å². The van der Waals surface area contributed by atoms with Crippen molar-refractivity contribution in [2.75, 3.05) is 33.4 Å². The molecule has 6 heteroatoms. The van der Waals surface area contributed by atoms with E-state index in [9.17, 15) is 10.2 Å². The maximum absolute atomic E-state index is 11.3. The van der Waals surface area contributed by atoms with Crippen molar-refractivity contribution in [3.05, 3.63) is 35.5 Å². The molecule has 2 fully saturated rings. The number of benzene rings is 1. The predicted octanol–water partition coefficient (Wildman–Crippen LogP) is 4.56. The van der Waals surface area contributed by atoms with E-state index in [-0.39, 0.29) is 12.0 Å². The minimum Gasteiger partial charge on any atom is -0.497 e. The van der Waals surface area contributed by atoms with Crippen LogP contribution in [0.2, 0.25) is 0 Å². The number of piperidine rings is 1. The Balaban J connectivity index is 1.38. The summed E-state index contributed by atoms with van der Waals surface area (Å²) in [5.41, 5.74) is 8.45. The molecule has 1 atom stereocenters. The molecule has 4 rings (SSSR count). The van der Waals surface area contributed by atoms with Crippen LogP contribution in [0.25, 0.3) is 10.9 Å². The zero-order valence-electron chi connectivity index (χ0n) is 20.8. The Labute approximate surface area is 204 Å². The first-order chi connectivity index (χ1) is 16.6. The molecule has 1 aliphatic heterocycles. The molecule has 1 saturated carbocycles. The van der Waals surface area contributed by atoms with Crippen molar-refractivity contribution in [3.8, 4) is 5.75 Å². The van der Waals surface area contributed by atoms with E-state index in [1.54, 1.807) is 13.3 Å². The number of aliphatic hydroxyl groups excluding tert-OH is 2. The number of nitrogens with two attached hydrogens (primary N) is 1. The summed E-state index contributed by atoms with van der Waals surface area (Å²) in [6.07, 6.45) is 12.9. The Hall–Kier alpha value is -1.73. The van der Waals surface area contributed by atoms with Crippen LogP contribution >= 0.6 is 0 Å². The zero-order chi connectivity index (χ0) is 24.0. The van der Waals surface area contributed by atoms with Crippen LogP contribution in [0.15, 0.2) is 24.4 Å². The number of hydrogen-bond acceptors (Lipinski definition) is 6. The van der Waals surface area contributed by atoms with Crippen molar-refractivity contribution in [2.45, 2.75) is 76.9 Å². The molecule has 0 amide bonds. The van der Waals surface area contributed by atoms with Gasteiger partial charge in [0.1, 0.15) is 5.75 Å². The SMILES string of the molecule is COc1ccc2ncc(CN)c([C@H](O)CCC3(CO)CCN(CCC4CCCCC4)CC3)c2c1. The van der Waals surface area contributed by atoms with Crippen LogP contribution < -0.4 is 10.5 Å². The highest BCUT2D eigenvalue weighted by molar-refractivity contribution is 5.85. The Morgan fingerprint density at radius 3 is 2.65 bits per heavy atom. The summed E-state index contributed by atoms with van der Waals surface area (Å²) in [5, 5.41) is 22.5. The fourth-order valence-electron chi connectivity index (χ4n) is 6.08. The van der Waals surface area contributed by atoms with Crippen LogP contribution in [0.3, 0.4) is 0 Å². The van der Waals surface area contributed by atoms with Crippen LogP contribution in [0.1, 0.15) is 81.4 Å². The molecule has 0 bridgehead atoms. The lowest BCUT2D eigenvalue weighted by Gasteiger charge is -2.41. The van der Waals surface area contributed by atoms with Crippen LogP contribution in [-0.2, 0) is 6.54 Å². The highest BCUT2D eigenvalue weighted by Crippen LogP contribution is 2.40. The summed E-state index contributed by atoms with van der Waals surface area (Å²) in [7, 11) is 1.64. The summed E-state index contributed by atoms with van der Waals surface area (Å²) < 4.78 is 5.41. The van der Waals surface area contributed by atoms with Crippen LogP contribution in [0.4, 0.5) is 0 Å². The molecule has 1 saturated heterocycles. The highest BCUT2D eigenvalue weighted by Gasteiger charge is 2.35. The number of ether oxygens (including phenoxy) is 1. The van der Waals surface area contributed by atoms with Gasteiger partial charge in [0.2, 0.25) is 0 Å². The van der Waals surface area contributed by atoms with E-state index in [0.29, 0.717) is 13.0 Å². The number of nitrogens with zero attached hydrogens (tertiary/aromatic N) is 2. The van der Waals surface area contributed by atoms with Crippen molar-refractivity contribution in [2.24, 2.45) is 17.1 Å². The topological polar surface area (TPSA) is 91.8 Å². The number of methoxy groups -OCH3 is 1. The zero-order valence-corrected chi connectivity index (χ0v) is 20.8. The average molecular weight is 470 g/mol. The van der Waals surface area contributed by atoms with Crippen LogP contribution in [0, 0.1) is 11.3 Å². The molecule has 2 heterocycles. The van der Waals surface area contributed by atoms with Crippen molar-refractivity contribution >= 4 is 10.9 Å². The molecule has 1 aliphatic carbocycles. The number of aromatic nitrogens is 1. The number of pyridine rings is 1. The third kappa shape index (κ3) is 5.91. The van der Waals surface area contributed by atoms with Gasteiger partial charge in [-0.05, 0) is 92.4 Å². The smallest absolute Gasteiger partial charge is 0.119 e. The quantitative estimate of drug-likeness (QED) is 0.472. The van der Waals surface area contributed by atoms with E-state index < -0.39 is 6.10 Å². The lowest BCUT2D eigenvalue weighted by Crippen LogP contribution is -2.42. The highest BCUT2D eigenvalue weighted by atomic mass is 16.5. The number of likely N-dealkylation sites (tertiary alicyclic amines) is 1. The molecule has 6 nitrogen and oxygen atoms in total. The molecule has 0 spiro atoms. The Bertz CT molecular complexity index is 915. The first-order valence-corrected chi connectivity index (χ1v) is 13.2. The second-order valence-corrected chi connectivity index (χ2v) is 10.6. The molecule has 2 aliphatic rings. The third-order valence-electron chi connectivity index (χ3n) is 8.53. The number of rotatable bonds is 10. The van der Waals surface area contributed by atoms with Gasteiger partial charge in [-0.2, -0.15) is 0 Å². The van der Waals surface area contributed by atoms with Crippen LogP contribution in [0.5, 0.6) is 5.75 Å². The summed E-state index contributed by atoms with van der Waals surface area (Å²) in [6.45, 7) is 3.80. The van der Waals surface area contributed by atoms with Crippen molar-refractivity contribution in [1.82, 2.24) is 9.88 Å². The van der Waals surface area contributed by atoms with Crippen molar-refractivity contribution in [3.63, 3.8) is 0 Å². The van der Waals surface area contributed by atoms with E-state index in [1.165, 1.54) is 45.1 Å². The van der Waals surface area contributed by atoms with Gasteiger partial charge in [-0.15, -0.1) is 0 Å². The molecule has 4 N–H and O–H groups in total. The summed E-state index contributed by atoms with van der Waals surface area (Å²) in [4.78, 5) is 7.11. The van der Waals surface area contributed by atoms with Gasteiger partial charge in [0.05, 0.1) is 18.7 Å². The van der Waals surface area contributed by atoms with E-state index in [1.807, 2.05) is 18.2 Å². The van der Waals surface area contributed by atoms with E-state index >= 15 is 0 Å². The second-order valence-electron chi connectivity index (χ2n) is 10.6. The van der Waals surface area contributed by atoms with Crippen LogP contribution in [-0.4, -0.2) is 53.4 Å². The van der Waals surface area contributed by atoms with Gasteiger partial charge in [0, 0.05) is 24.7 Å². The molecule has 34 heavy (non-hydrogen) atoms. The molecule has 1 aromatic carbocycles. The summed E-state index contributed by atoms with van der Waals surface area (Å²) in [5.74, 6) is 1.66. The molecule has 0 unspecified atom stereocenters. The molecule has 188 valence electrons. The number of fused-ring (bicyclic) bond motifs is 1. The number of hydrogen-bond donors (Lipinski definition) is 3. The molecule has 1 aromatic heterocycles. The Morgan fingerprint density at radius 2 is 1.97 bits per heavy atom. The minimum absolute atomic E-state index is 0.105. The average Bonchev–Trinajstić information content (AvgIpc) is 2.90. The van der Waals surface area contributed by atoms with E-state index in [4.69, 9.17) is 10.5 Å². The monoisotopic (exact) mass is 469 g/mol. The fourth-order valence-corrected chi connectivity index (χ4v) is 6.08. The molecular formula is C28H43N3O3. The molecule has 0 radical (unpaired) electrons. The summed E-state index contributed by atoms with van der Waals surface area (Å²) in [6, 6.07) is 5.74. The normalized spacial score (nSPS) is 20.5. The van der Waals surface area contributed by atoms with Gasteiger partial charge in [-0.1, -0.05) is 32.1 Å². The first kappa shape index (κ1) is 25.4. The van der Waals surface area contributed by atoms with E-state index in [0.717, 1.165) is 66.0 Å². The minimum atomic E-state index is -0.649. The maximum Gasteiger partial charge on any atom is 0.119 e. The molecule has 2 aromatic rings. The van der Waals surface area contributed by atoms with Gasteiger partial charge in [0.25, 0.3) is 0 Å². The first-order valence-electron chi connectivity index (χ1n) is 13.2. The van der Waals surface area contributed by atoms with Gasteiger partial charge in [-0.3, -0.25) is 4.98 Å². The Kier molecular flexibility index (Phi) is 8.81. The van der Waals surface area contributed by atoms with Gasteiger partial charge >= 0.3 is 0 Å². The maximum atomic E-state index is 11.3. The number of aliphatic hydroxyl groups is 2. The van der Waals surface area contributed by atoms with Crippen molar-refractivity contribution in [1.29, 1.82) is 0 Å².